The van der Waals surface area contributed by atoms with Crippen LogP contribution in [0, 0.1) is 17.5 Å². The summed E-state index contributed by atoms with van der Waals surface area (Å²) < 4.78 is 47.8. The predicted molar refractivity (Wildman–Crippen MR) is 91.3 cm³/mol. The maximum atomic E-state index is 14.3. The van der Waals surface area contributed by atoms with Crippen molar-refractivity contribution in [2.45, 2.75) is 26.4 Å². The second kappa shape index (κ2) is 8.37. The first-order valence-corrected chi connectivity index (χ1v) is 9.14. The van der Waals surface area contributed by atoms with Crippen molar-refractivity contribution in [3.63, 3.8) is 0 Å². The van der Waals surface area contributed by atoms with Crippen molar-refractivity contribution in [2.24, 2.45) is 0 Å². The number of anilines is 1. The topological polar surface area (TPSA) is 29.5 Å². The molecule has 0 heterocycles. The minimum Gasteiger partial charge on any atom is -0.456 e. The molecule has 0 radical (unpaired) electrons. The van der Waals surface area contributed by atoms with Crippen LogP contribution in [0.1, 0.15) is 31.1 Å². The fraction of sp³-hybridized carbons (Fsp3) is 0.533. The van der Waals surface area contributed by atoms with E-state index in [1.807, 2.05) is 0 Å². The van der Waals surface area contributed by atoms with Gasteiger partial charge in [-0.25, -0.2) is 18.0 Å². The first-order valence-electron chi connectivity index (χ1n) is 6.90. The number of hydrogen-bond donors (Lipinski definition) is 0. The Balaban J connectivity index is 3.30. The van der Waals surface area contributed by atoms with Gasteiger partial charge in [-0.2, -0.15) is 0 Å². The minimum atomic E-state index is -1.41. The van der Waals surface area contributed by atoms with Crippen molar-refractivity contribution in [2.75, 3.05) is 28.6 Å². The van der Waals surface area contributed by atoms with E-state index in [4.69, 9.17) is 4.74 Å². The number of nitrogens with zero attached hydrogens (tertiary/aromatic N) is 1. The summed E-state index contributed by atoms with van der Waals surface area (Å²) in [6, 6.07) is 0.678. The van der Waals surface area contributed by atoms with E-state index in [1.165, 1.54) is 4.90 Å². The Bertz CT molecular complexity index is 571. The highest BCUT2D eigenvalue weighted by molar-refractivity contribution is 9.09. The van der Waals surface area contributed by atoms with Gasteiger partial charge >= 0.3 is 5.97 Å². The van der Waals surface area contributed by atoms with E-state index in [-0.39, 0.29) is 13.1 Å². The molecule has 0 bridgehead atoms. The maximum Gasteiger partial charge on any atom is 0.341 e. The number of carbonyl (C=O) groups is 1. The van der Waals surface area contributed by atoms with Gasteiger partial charge in [0.25, 0.3) is 0 Å². The third-order valence-corrected chi connectivity index (χ3v) is 3.49. The van der Waals surface area contributed by atoms with Gasteiger partial charge in [0.1, 0.15) is 16.9 Å². The molecule has 0 atom stereocenters. The maximum absolute atomic E-state index is 14.3. The molecule has 0 aliphatic heterocycles. The summed E-state index contributed by atoms with van der Waals surface area (Å²) in [6.07, 6.45) is 0. The van der Waals surface area contributed by atoms with Crippen LogP contribution in [0.15, 0.2) is 6.07 Å². The third kappa shape index (κ3) is 5.38. The molecule has 0 aliphatic rings. The zero-order valence-corrected chi connectivity index (χ0v) is 16.2. The van der Waals surface area contributed by atoms with Crippen molar-refractivity contribution in [3.8, 4) is 0 Å². The summed E-state index contributed by atoms with van der Waals surface area (Å²) in [7, 11) is 0. The standard InChI is InChI=1S/C15H18Br2F3NO2/c1-15(2,3)23-14(22)9-8-10(18)13(12(20)11(9)19)21(6-4-16)7-5-17/h8H,4-7H2,1-3H3. The summed E-state index contributed by atoms with van der Waals surface area (Å²) in [5.41, 5.74) is -2.14. The molecule has 1 aromatic carbocycles. The van der Waals surface area contributed by atoms with Crippen LogP contribution >= 0.6 is 31.9 Å². The summed E-state index contributed by atoms with van der Waals surface area (Å²) in [5.74, 6) is -4.92. The molecule has 1 aromatic rings. The van der Waals surface area contributed by atoms with Gasteiger partial charge in [-0.3, -0.25) is 0 Å². The lowest BCUT2D eigenvalue weighted by Gasteiger charge is -2.25. The second-order valence-electron chi connectivity index (χ2n) is 5.75. The largest absolute Gasteiger partial charge is 0.456 e. The molecule has 0 N–H and O–H groups in total. The van der Waals surface area contributed by atoms with E-state index in [1.54, 1.807) is 20.8 Å². The Kier molecular flexibility index (Phi) is 7.38. The fourth-order valence-electron chi connectivity index (χ4n) is 1.90. The van der Waals surface area contributed by atoms with E-state index >= 15 is 0 Å². The van der Waals surface area contributed by atoms with Crippen LogP contribution in [-0.2, 0) is 4.74 Å². The van der Waals surface area contributed by atoms with Crippen LogP contribution in [0.4, 0.5) is 18.9 Å². The minimum absolute atomic E-state index is 0.282. The van der Waals surface area contributed by atoms with E-state index in [2.05, 4.69) is 31.9 Å². The molecule has 0 fully saturated rings. The first kappa shape index (κ1) is 20.3. The Morgan fingerprint density at radius 2 is 1.65 bits per heavy atom. The molecule has 23 heavy (non-hydrogen) atoms. The molecule has 0 unspecified atom stereocenters. The molecule has 0 saturated carbocycles. The van der Waals surface area contributed by atoms with Gasteiger partial charge in [-0.1, -0.05) is 31.9 Å². The van der Waals surface area contributed by atoms with Gasteiger partial charge < -0.3 is 9.64 Å². The van der Waals surface area contributed by atoms with E-state index in [0.29, 0.717) is 16.7 Å². The number of alkyl halides is 2. The normalized spacial score (nSPS) is 11.5. The number of rotatable bonds is 6. The predicted octanol–water partition coefficient (Wildman–Crippen LogP) is 4.66. The van der Waals surface area contributed by atoms with Gasteiger partial charge in [-0.05, 0) is 26.8 Å². The average molecular weight is 461 g/mol. The SMILES string of the molecule is CC(C)(C)OC(=O)c1cc(F)c(N(CCBr)CCBr)c(F)c1F. The third-order valence-electron chi connectivity index (χ3n) is 2.78. The van der Waals surface area contributed by atoms with Gasteiger partial charge in [0.2, 0.25) is 0 Å². The van der Waals surface area contributed by atoms with Crippen molar-refractivity contribution in [1.29, 1.82) is 0 Å². The molecule has 8 heteroatoms. The smallest absolute Gasteiger partial charge is 0.341 e. The number of benzene rings is 1. The van der Waals surface area contributed by atoms with Crippen LogP contribution < -0.4 is 4.90 Å². The summed E-state index contributed by atoms with van der Waals surface area (Å²) in [6.45, 7) is 5.31. The summed E-state index contributed by atoms with van der Waals surface area (Å²) >= 11 is 6.37. The lowest BCUT2D eigenvalue weighted by atomic mass is 10.1. The van der Waals surface area contributed by atoms with E-state index in [0.717, 1.165) is 0 Å². The van der Waals surface area contributed by atoms with Gasteiger partial charge in [-0.15, -0.1) is 0 Å². The van der Waals surface area contributed by atoms with Crippen LogP contribution in [0.3, 0.4) is 0 Å². The Morgan fingerprint density at radius 1 is 1.13 bits per heavy atom. The Labute approximate surface area is 150 Å². The molecule has 0 aliphatic carbocycles. The molecular formula is C15H18Br2F3NO2. The van der Waals surface area contributed by atoms with Crippen LogP contribution in [0.25, 0.3) is 0 Å². The molecule has 0 spiro atoms. The van der Waals surface area contributed by atoms with Gasteiger partial charge in [0.15, 0.2) is 17.5 Å². The number of hydrogen-bond acceptors (Lipinski definition) is 3. The Hall–Kier alpha value is -0.760. The van der Waals surface area contributed by atoms with Crippen molar-refractivity contribution < 1.29 is 22.7 Å². The number of ether oxygens (including phenoxy) is 1. The zero-order valence-electron chi connectivity index (χ0n) is 13.1. The molecule has 0 aromatic heterocycles. The zero-order chi connectivity index (χ0) is 17.8. The molecule has 1 rings (SSSR count). The molecule has 130 valence electrons. The molecular weight excluding hydrogens is 443 g/mol. The summed E-state index contributed by atoms with van der Waals surface area (Å²) in [4.78, 5) is 13.3. The lowest BCUT2D eigenvalue weighted by Crippen LogP contribution is -2.30. The Morgan fingerprint density at radius 3 is 2.09 bits per heavy atom. The molecule has 0 saturated heterocycles. The monoisotopic (exact) mass is 459 g/mol. The van der Waals surface area contributed by atoms with Crippen LogP contribution in [-0.4, -0.2) is 35.3 Å². The quantitative estimate of drug-likeness (QED) is 0.351. The van der Waals surface area contributed by atoms with Crippen LogP contribution in [0.5, 0.6) is 0 Å². The highest BCUT2D eigenvalue weighted by Crippen LogP contribution is 2.29. The van der Waals surface area contributed by atoms with E-state index < -0.39 is 40.3 Å². The van der Waals surface area contributed by atoms with Crippen molar-refractivity contribution in [1.82, 2.24) is 0 Å². The molecule has 0 amide bonds. The number of carbonyl (C=O) groups excluding carboxylic acids is 1. The lowest BCUT2D eigenvalue weighted by molar-refractivity contribution is 0.00631. The number of halogens is 5. The highest BCUT2D eigenvalue weighted by atomic mass is 79.9. The van der Waals surface area contributed by atoms with Crippen molar-refractivity contribution in [3.05, 3.63) is 29.1 Å². The average Bonchev–Trinajstić information content (AvgIpc) is 2.41. The first-order chi connectivity index (χ1) is 10.6. The highest BCUT2D eigenvalue weighted by Gasteiger charge is 2.28. The molecule has 3 nitrogen and oxygen atoms in total. The van der Waals surface area contributed by atoms with Gasteiger partial charge in [0.05, 0.1) is 0 Å². The van der Waals surface area contributed by atoms with Crippen molar-refractivity contribution >= 4 is 43.5 Å². The summed E-state index contributed by atoms with van der Waals surface area (Å²) in [5, 5.41) is 0.905. The van der Waals surface area contributed by atoms with E-state index in [9.17, 15) is 18.0 Å². The van der Waals surface area contributed by atoms with Crippen LogP contribution in [0.2, 0.25) is 0 Å². The number of esters is 1. The van der Waals surface area contributed by atoms with Gasteiger partial charge in [0, 0.05) is 23.7 Å². The fourth-order valence-corrected chi connectivity index (χ4v) is 2.75. The second-order valence-corrected chi connectivity index (χ2v) is 7.34.